The van der Waals surface area contributed by atoms with Gasteiger partial charge in [-0.1, -0.05) is 57.1 Å². The van der Waals surface area contributed by atoms with E-state index < -0.39 is 8.07 Å². The quantitative estimate of drug-likeness (QED) is 0.513. The van der Waals surface area contributed by atoms with E-state index in [4.69, 9.17) is 0 Å². The van der Waals surface area contributed by atoms with E-state index in [1.54, 1.807) is 0 Å². The molecule has 1 atom stereocenters. The van der Waals surface area contributed by atoms with Crippen LogP contribution in [0.1, 0.15) is 46.0 Å². The molecule has 1 unspecified atom stereocenters. The van der Waals surface area contributed by atoms with Crippen LogP contribution in [0.5, 0.6) is 0 Å². The third kappa shape index (κ3) is 10.2. The summed E-state index contributed by atoms with van der Waals surface area (Å²) >= 11 is 0. The second-order valence-electron chi connectivity index (χ2n) is 5.71. The summed E-state index contributed by atoms with van der Waals surface area (Å²) in [6, 6.07) is 0. The maximum Gasteiger partial charge on any atom is 0.0686 e. The first-order valence-electron chi connectivity index (χ1n) is 6.21. The lowest BCUT2D eigenvalue weighted by Crippen LogP contribution is -2.17. The molecule has 1 N–H and O–H groups in total. The van der Waals surface area contributed by atoms with Crippen molar-refractivity contribution in [2.24, 2.45) is 0 Å². The summed E-state index contributed by atoms with van der Waals surface area (Å²) in [4.78, 5) is 0. The molecule has 0 amide bonds. The molecule has 90 valence electrons. The summed E-state index contributed by atoms with van der Waals surface area (Å²) in [7, 11) is -1.10. The Hall–Kier alpha value is -0.0831. The number of unbranched alkanes of at least 4 members (excludes halogenated alkanes) is 2. The maximum atomic E-state index is 9.82. The number of hydrogen-bond donors (Lipinski definition) is 1. The Labute approximate surface area is 96.6 Å². The molecule has 0 aliphatic rings. The molecule has 0 heterocycles. The highest BCUT2D eigenvalue weighted by atomic mass is 28.3. The van der Waals surface area contributed by atoms with Crippen molar-refractivity contribution in [3.63, 3.8) is 0 Å². The van der Waals surface area contributed by atoms with Gasteiger partial charge in [0.05, 0.1) is 14.2 Å². The maximum absolute atomic E-state index is 9.82. The summed E-state index contributed by atoms with van der Waals surface area (Å²) in [6.07, 6.45) is 5.35. The first-order chi connectivity index (χ1) is 6.85. The molecule has 0 saturated carbocycles. The van der Waals surface area contributed by atoms with E-state index in [9.17, 15) is 5.11 Å². The highest BCUT2D eigenvalue weighted by Gasteiger charge is 2.11. The van der Waals surface area contributed by atoms with Crippen molar-refractivity contribution < 1.29 is 5.11 Å². The van der Waals surface area contributed by atoms with Crippen molar-refractivity contribution in [3.8, 4) is 0 Å². The van der Waals surface area contributed by atoms with E-state index in [2.05, 4.69) is 39.2 Å². The van der Waals surface area contributed by atoms with Crippen LogP contribution in [0.2, 0.25) is 19.6 Å². The SMILES string of the molecule is CCCCCC(O)C/C(C)=C/[Si](C)(C)C. The van der Waals surface area contributed by atoms with Crippen molar-refractivity contribution in [3.05, 3.63) is 11.3 Å². The summed E-state index contributed by atoms with van der Waals surface area (Å²) in [5, 5.41) is 9.82. The Kier molecular flexibility index (Phi) is 7.19. The fourth-order valence-electron chi connectivity index (χ4n) is 1.90. The predicted molar refractivity (Wildman–Crippen MR) is 71.9 cm³/mol. The van der Waals surface area contributed by atoms with Gasteiger partial charge in [0.2, 0.25) is 0 Å². The van der Waals surface area contributed by atoms with Crippen LogP contribution >= 0.6 is 0 Å². The van der Waals surface area contributed by atoms with Crippen molar-refractivity contribution in [2.45, 2.75) is 71.7 Å². The number of aliphatic hydroxyl groups is 1. The standard InChI is InChI=1S/C13H28OSi/c1-6-7-8-9-13(14)10-12(2)11-15(3,4)5/h11,13-14H,6-10H2,1-5H3/b12-11+. The van der Waals surface area contributed by atoms with E-state index >= 15 is 0 Å². The van der Waals surface area contributed by atoms with Gasteiger partial charge in [-0.2, -0.15) is 0 Å². The topological polar surface area (TPSA) is 20.2 Å². The minimum Gasteiger partial charge on any atom is -0.393 e. The second-order valence-corrected chi connectivity index (χ2v) is 10.7. The van der Waals surface area contributed by atoms with Crippen molar-refractivity contribution in [1.82, 2.24) is 0 Å². The molecule has 0 radical (unpaired) electrons. The normalized spacial score (nSPS) is 15.5. The zero-order valence-corrected chi connectivity index (χ0v) is 12.1. The van der Waals surface area contributed by atoms with Crippen LogP contribution in [0, 0.1) is 0 Å². The van der Waals surface area contributed by atoms with E-state index in [1.165, 1.54) is 18.4 Å². The molecule has 15 heavy (non-hydrogen) atoms. The van der Waals surface area contributed by atoms with Crippen LogP contribution < -0.4 is 0 Å². The molecular formula is C13H28OSi. The van der Waals surface area contributed by atoms with Crippen LogP contribution in [-0.4, -0.2) is 19.3 Å². The van der Waals surface area contributed by atoms with E-state index in [1.807, 2.05) is 0 Å². The Morgan fingerprint density at radius 2 is 1.87 bits per heavy atom. The van der Waals surface area contributed by atoms with Crippen LogP contribution in [0.4, 0.5) is 0 Å². The lowest BCUT2D eigenvalue weighted by Gasteiger charge is -2.15. The Balaban J connectivity index is 3.85. The highest BCUT2D eigenvalue weighted by Crippen LogP contribution is 2.14. The Morgan fingerprint density at radius 3 is 2.33 bits per heavy atom. The average molecular weight is 228 g/mol. The van der Waals surface area contributed by atoms with Crippen molar-refractivity contribution >= 4 is 8.07 Å². The van der Waals surface area contributed by atoms with Gasteiger partial charge in [-0.05, 0) is 19.8 Å². The minimum atomic E-state index is -1.10. The summed E-state index contributed by atoms with van der Waals surface area (Å²) in [6.45, 7) is 11.4. The van der Waals surface area contributed by atoms with Gasteiger partial charge in [-0.15, -0.1) is 0 Å². The largest absolute Gasteiger partial charge is 0.393 e. The smallest absolute Gasteiger partial charge is 0.0686 e. The van der Waals surface area contributed by atoms with Crippen LogP contribution in [0.15, 0.2) is 11.3 Å². The zero-order valence-electron chi connectivity index (χ0n) is 11.1. The fourth-order valence-corrected chi connectivity index (χ4v) is 3.50. The van der Waals surface area contributed by atoms with Gasteiger partial charge in [0.15, 0.2) is 0 Å². The highest BCUT2D eigenvalue weighted by molar-refractivity contribution is 6.81. The molecule has 0 spiro atoms. The molecule has 0 aromatic rings. The summed E-state index contributed by atoms with van der Waals surface area (Å²) < 4.78 is 0. The van der Waals surface area contributed by atoms with Crippen molar-refractivity contribution in [2.75, 3.05) is 0 Å². The van der Waals surface area contributed by atoms with Crippen molar-refractivity contribution in [1.29, 1.82) is 0 Å². The third-order valence-corrected chi connectivity index (χ3v) is 3.74. The molecular weight excluding hydrogens is 200 g/mol. The van der Waals surface area contributed by atoms with E-state index in [0.717, 1.165) is 19.3 Å². The molecule has 0 fully saturated rings. The number of rotatable bonds is 7. The Bertz CT molecular complexity index is 191. The first kappa shape index (κ1) is 14.9. The average Bonchev–Trinajstić information content (AvgIpc) is 2.00. The zero-order chi connectivity index (χ0) is 11.9. The molecule has 0 aromatic heterocycles. The predicted octanol–water partition coefficient (Wildman–Crippen LogP) is 4.14. The van der Waals surface area contributed by atoms with Crippen LogP contribution in [0.25, 0.3) is 0 Å². The number of aliphatic hydroxyl groups excluding tert-OH is 1. The summed E-state index contributed by atoms with van der Waals surface area (Å²) in [5.74, 6) is 0. The Morgan fingerprint density at radius 1 is 1.27 bits per heavy atom. The fraction of sp³-hybridized carbons (Fsp3) is 0.846. The molecule has 0 rings (SSSR count). The van der Waals surface area contributed by atoms with Gasteiger partial charge >= 0.3 is 0 Å². The van der Waals surface area contributed by atoms with Gasteiger partial charge in [0.1, 0.15) is 0 Å². The minimum absolute atomic E-state index is 0.121. The second kappa shape index (κ2) is 7.23. The molecule has 0 aliphatic heterocycles. The van der Waals surface area contributed by atoms with E-state index in [-0.39, 0.29) is 6.10 Å². The van der Waals surface area contributed by atoms with Gasteiger partial charge < -0.3 is 5.11 Å². The third-order valence-electron chi connectivity index (χ3n) is 2.38. The molecule has 0 aliphatic carbocycles. The molecule has 0 saturated heterocycles. The monoisotopic (exact) mass is 228 g/mol. The van der Waals surface area contributed by atoms with Gasteiger partial charge in [0.25, 0.3) is 0 Å². The lowest BCUT2D eigenvalue weighted by molar-refractivity contribution is 0.161. The van der Waals surface area contributed by atoms with Crippen LogP contribution in [-0.2, 0) is 0 Å². The van der Waals surface area contributed by atoms with Crippen LogP contribution in [0.3, 0.4) is 0 Å². The lowest BCUT2D eigenvalue weighted by atomic mass is 10.1. The molecule has 1 nitrogen and oxygen atoms in total. The number of hydrogen-bond acceptors (Lipinski definition) is 1. The van der Waals surface area contributed by atoms with Gasteiger partial charge in [0, 0.05) is 0 Å². The van der Waals surface area contributed by atoms with E-state index in [0.29, 0.717) is 0 Å². The first-order valence-corrected chi connectivity index (χ1v) is 9.79. The summed E-state index contributed by atoms with van der Waals surface area (Å²) in [5.41, 5.74) is 3.77. The molecule has 0 aromatic carbocycles. The van der Waals surface area contributed by atoms with Gasteiger partial charge in [-0.25, -0.2) is 0 Å². The van der Waals surface area contributed by atoms with Gasteiger partial charge in [-0.3, -0.25) is 0 Å². The molecule has 0 bridgehead atoms. The molecule has 2 heteroatoms.